The van der Waals surface area contributed by atoms with Gasteiger partial charge < -0.3 is 5.32 Å². The van der Waals surface area contributed by atoms with E-state index in [4.69, 9.17) is 4.98 Å². The standard InChI is InChI=1S/C22H23N5O/c1-13(14-5-9-18-19(12-14)26-27-25-18)23-21(28)16-6-8-17-15(11-16)7-10-20(24-17)22(2,3)4/h5-13H,1-4H3,(H,23,28)(H,25,26,27)/t13-/m1/s1. The number of carbonyl (C=O) groups is 1. The molecule has 6 heteroatoms. The SMILES string of the molecule is C[C@@H](NC(=O)c1ccc2nc(C(C)(C)C)ccc2c1)c1ccc2[nH]nnc2c1. The van der Waals surface area contributed by atoms with Crippen molar-refractivity contribution in [1.82, 2.24) is 25.7 Å². The number of H-pyrrole nitrogens is 1. The summed E-state index contributed by atoms with van der Waals surface area (Å²) in [6.07, 6.45) is 0. The van der Waals surface area contributed by atoms with Gasteiger partial charge in [-0.3, -0.25) is 14.9 Å². The van der Waals surface area contributed by atoms with E-state index in [1.807, 2.05) is 55.5 Å². The zero-order valence-electron chi connectivity index (χ0n) is 16.4. The molecular weight excluding hydrogens is 350 g/mol. The largest absolute Gasteiger partial charge is 0.346 e. The van der Waals surface area contributed by atoms with Crippen LogP contribution in [-0.4, -0.2) is 26.3 Å². The quantitative estimate of drug-likeness (QED) is 0.561. The molecule has 2 N–H and O–H groups in total. The lowest BCUT2D eigenvalue weighted by Gasteiger charge is -2.18. The molecule has 4 aromatic rings. The summed E-state index contributed by atoms with van der Waals surface area (Å²) in [6, 6.07) is 15.3. The van der Waals surface area contributed by atoms with Crippen molar-refractivity contribution in [2.24, 2.45) is 0 Å². The lowest BCUT2D eigenvalue weighted by Crippen LogP contribution is -2.26. The molecule has 0 saturated heterocycles. The first kappa shape index (κ1) is 18.1. The number of aromatic amines is 1. The van der Waals surface area contributed by atoms with Gasteiger partial charge >= 0.3 is 0 Å². The zero-order valence-corrected chi connectivity index (χ0v) is 16.4. The Bertz CT molecular complexity index is 1170. The summed E-state index contributed by atoms with van der Waals surface area (Å²) in [4.78, 5) is 17.5. The average Bonchev–Trinajstić information content (AvgIpc) is 3.14. The van der Waals surface area contributed by atoms with Crippen molar-refractivity contribution in [3.05, 3.63) is 65.4 Å². The summed E-state index contributed by atoms with van der Waals surface area (Å²) in [5, 5.41) is 14.7. The van der Waals surface area contributed by atoms with Crippen molar-refractivity contribution in [3.63, 3.8) is 0 Å². The van der Waals surface area contributed by atoms with Crippen LogP contribution < -0.4 is 5.32 Å². The highest BCUT2D eigenvalue weighted by Gasteiger charge is 2.17. The van der Waals surface area contributed by atoms with E-state index in [0.717, 1.165) is 33.2 Å². The number of pyridine rings is 1. The van der Waals surface area contributed by atoms with Gasteiger partial charge in [-0.05, 0) is 48.9 Å². The Labute approximate surface area is 163 Å². The van der Waals surface area contributed by atoms with Crippen LogP contribution in [0.2, 0.25) is 0 Å². The van der Waals surface area contributed by atoms with Crippen molar-refractivity contribution in [2.45, 2.75) is 39.2 Å². The highest BCUT2D eigenvalue weighted by molar-refractivity contribution is 5.98. The number of benzene rings is 2. The highest BCUT2D eigenvalue weighted by atomic mass is 16.1. The Morgan fingerprint density at radius 3 is 2.64 bits per heavy atom. The summed E-state index contributed by atoms with van der Waals surface area (Å²) in [5.41, 5.74) is 5.18. The van der Waals surface area contributed by atoms with Gasteiger partial charge in [0.15, 0.2) is 0 Å². The predicted octanol–water partition coefficient (Wildman–Crippen LogP) is 4.29. The Morgan fingerprint density at radius 2 is 1.86 bits per heavy atom. The molecule has 0 aliphatic heterocycles. The lowest BCUT2D eigenvalue weighted by atomic mass is 9.91. The Morgan fingerprint density at radius 1 is 1.04 bits per heavy atom. The molecule has 0 unspecified atom stereocenters. The minimum absolute atomic E-state index is 0.00931. The van der Waals surface area contributed by atoms with E-state index in [1.165, 1.54) is 0 Å². The third-order valence-electron chi connectivity index (χ3n) is 4.92. The second kappa shape index (κ2) is 6.71. The molecule has 28 heavy (non-hydrogen) atoms. The van der Waals surface area contributed by atoms with E-state index < -0.39 is 0 Å². The topological polar surface area (TPSA) is 83.6 Å². The minimum atomic E-state index is -0.148. The molecule has 0 bridgehead atoms. The molecule has 2 aromatic heterocycles. The van der Waals surface area contributed by atoms with Gasteiger partial charge in [0.05, 0.1) is 17.1 Å². The third kappa shape index (κ3) is 3.45. The van der Waals surface area contributed by atoms with Crippen molar-refractivity contribution in [1.29, 1.82) is 0 Å². The van der Waals surface area contributed by atoms with Crippen LogP contribution in [-0.2, 0) is 5.41 Å². The maximum absolute atomic E-state index is 12.7. The molecule has 2 aromatic carbocycles. The molecule has 4 rings (SSSR count). The lowest BCUT2D eigenvalue weighted by molar-refractivity contribution is 0.0940. The molecule has 0 fully saturated rings. The van der Waals surface area contributed by atoms with E-state index >= 15 is 0 Å². The van der Waals surface area contributed by atoms with Gasteiger partial charge in [-0.25, -0.2) is 0 Å². The molecule has 1 amide bonds. The van der Waals surface area contributed by atoms with E-state index in [-0.39, 0.29) is 17.4 Å². The normalized spacial score (nSPS) is 13.0. The van der Waals surface area contributed by atoms with Gasteiger partial charge in [-0.15, -0.1) is 5.10 Å². The summed E-state index contributed by atoms with van der Waals surface area (Å²) in [6.45, 7) is 8.37. The Hall–Kier alpha value is -3.28. The molecule has 6 nitrogen and oxygen atoms in total. The summed E-state index contributed by atoms with van der Waals surface area (Å²) >= 11 is 0. The van der Waals surface area contributed by atoms with Crippen LogP contribution in [0, 0.1) is 0 Å². The van der Waals surface area contributed by atoms with Crippen LogP contribution in [0.5, 0.6) is 0 Å². The molecule has 2 heterocycles. The fourth-order valence-electron chi connectivity index (χ4n) is 3.18. The van der Waals surface area contributed by atoms with Crippen LogP contribution in [0.15, 0.2) is 48.5 Å². The number of amides is 1. The van der Waals surface area contributed by atoms with Gasteiger partial charge in [-0.2, -0.15) is 0 Å². The van der Waals surface area contributed by atoms with Crippen LogP contribution in [0.1, 0.15) is 55.4 Å². The van der Waals surface area contributed by atoms with Gasteiger partial charge in [0.1, 0.15) is 5.52 Å². The fourth-order valence-corrected chi connectivity index (χ4v) is 3.18. The highest BCUT2D eigenvalue weighted by Crippen LogP contribution is 2.24. The molecule has 0 spiro atoms. The smallest absolute Gasteiger partial charge is 0.251 e. The first-order valence-electron chi connectivity index (χ1n) is 9.34. The molecule has 0 radical (unpaired) electrons. The Kier molecular flexibility index (Phi) is 4.34. The van der Waals surface area contributed by atoms with Crippen molar-refractivity contribution in [3.8, 4) is 0 Å². The molecule has 142 valence electrons. The Balaban J connectivity index is 1.56. The van der Waals surface area contributed by atoms with E-state index in [2.05, 4.69) is 41.5 Å². The molecule has 0 aliphatic carbocycles. The second-order valence-electron chi connectivity index (χ2n) is 8.14. The van der Waals surface area contributed by atoms with E-state index in [1.54, 1.807) is 0 Å². The fraction of sp³-hybridized carbons (Fsp3) is 0.273. The maximum atomic E-state index is 12.7. The van der Waals surface area contributed by atoms with E-state index in [0.29, 0.717) is 5.56 Å². The molecule has 0 aliphatic rings. The maximum Gasteiger partial charge on any atom is 0.251 e. The summed E-state index contributed by atoms with van der Waals surface area (Å²) in [5.74, 6) is -0.116. The average molecular weight is 373 g/mol. The molecule has 0 saturated carbocycles. The summed E-state index contributed by atoms with van der Waals surface area (Å²) < 4.78 is 0. The number of hydrogen-bond donors (Lipinski definition) is 2. The number of nitrogens with one attached hydrogen (secondary N) is 2. The van der Waals surface area contributed by atoms with Crippen molar-refractivity contribution < 1.29 is 4.79 Å². The van der Waals surface area contributed by atoms with Gasteiger partial charge in [0.2, 0.25) is 0 Å². The summed E-state index contributed by atoms with van der Waals surface area (Å²) in [7, 11) is 0. The van der Waals surface area contributed by atoms with Gasteiger partial charge in [0.25, 0.3) is 5.91 Å². The van der Waals surface area contributed by atoms with Crippen LogP contribution in [0.3, 0.4) is 0 Å². The number of carbonyl (C=O) groups excluding carboxylic acids is 1. The van der Waals surface area contributed by atoms with Gasteiger partial charge in [-0.1, -0.05) is 38.1 Å². The molecular formula is C22H23N5O. The van der Waals surface area contributed by atoms with Crippen molar-refractivity contribution in [2.75, 3.05) is 0 Å². The van der Waals surface area contributed by atoms with Crippen molar-refractivity contribution >= 4 is 27.8 Å². The molecule has 1 atom stereocenters. The predicted molar refractivity (Wildman–Crippen MR) is 110 cm³/mol. The number of fused-ring (bicyclic) bond motifs is 2. The number of rotatable bonds is 3. The van der Waals surface area contributed by atoms with Crippen LogP contribution in [0.4, 0.5) is 0 Å². The van der Waals surface area contributed by atoms with Crippen LogP contribution >= 0.6 is 0 Å². The second-order valence-corrected chi connectivity index (χ2v) is 8.14. The number of hydrogen-bond acceptors (Lipinski definition) is 4. The van der Waals surface area contributed by atoms with Crippen LogP contribution in [0.25, 0.3) is 21.9 Å². The van der Waals surface area contributed by atoms with Gasteiger partial charge in [0, 0.05) is 22.1 Å². The monoisotopic (exact) mass is 373 g/mol. The van der Waals surface area contributed by atoms with E-state index in [9.17, 15) is 4.79 Å². The number of nitrogens with zero attached hydrogens (tertiary/aromatic N) is 3. The third-order valence-corrected chi connectivity index (χ3v) is 4.92. The first-order chi connectivity index (χ1) is 13.3. The minimum Gasteiger partial charge on any atom is -0.346 e. The first-order valence-corrected chi connectivity index (χ1v) is 9.34. The number of aromatic nitrogens is 4. The zero-order chi connectivity index (χ0) is 19.9.